The second kappa shape index (κ2) is 4.98. The highest BCUT2D eigenvalue weighted by molar-refractivity contribution is 7.90. The van der Waals surface area contributed by atoms with Crippen LogP contribution in [0.1, 0.15) is 5.56 Å². The Labute approximate surface area is 98.0 Å². The number of hydrogen-bond acceptors (Lipinski definition) is 4. The summed E-state index contributed by atoms with van der Waals surface area (Å²) in [7, 11) is -3.48. The van der Waals surface area contributed by atoms with Crippen molar-refractivity contribution in [3.05, 3.63) is 27.1 Å². The van der Waals surface area contributed by atoms with Gasteiger partial charge in [0.2, 0.25) is 0 Å². The normalized spacial score (nSPS) is 10.9. The molecule has 0 saturated carbocycles. The molecule has 1 aromatic heterocycles. The zero-order valence-corrected chi connectivity index (χ0v) is 10.2. The van der Waals surface area contributed by atoms with Gasteiger partial charge in [0, 0.05) is 18.4 Å². The molecule has 3 N–H and O–H groups in total. The summed E-state index contributed by atoms with van der Waals surface area (Å²) in [6.07, 6.45) is 0.997. The van der Waals surface area contributed by atoms with Crippen LogP contribution >= 0.6 is 24.0 Å². The van der Waals surface area contributed by atoms with Crippen molar-refractivity contribution in [2.24, 2.45) is 5.73 Å². The van der Waals surface area contributed by atoms with E-state index < -0.39 is 15.4 Å². The highest BCUT2D eigenvalue weighted by Gasteiger charge is 2.16. The minimum Gasteiger partial charge on any atom is -0.326 e. The van der Waals surface area contributed by atoms with Crippen LogP contribution in [0.5, 0.6) is 0 Å². The maximum atomic E-state index is 11.3. The number of aromatic amines is 1. The van der Waals surface area contributed by atoms with E-state index in [0.29, 0.717) is 0 Å². The Morgan fingerprint density at radius 2 is 2.07 bits per heavy atom. The van der Waals surface area contributed by atoms with Crippen LogP contribution in [0.2, 0.25) is 5.15 Å². The number of nitrogens with two attached hydrogens (primary N) is 1. The van der Waals surface area contributed by atoms with Gasteiger partial charge in [-0.25, -0.2) is 8.42 Å². The minimum absolute atomic E-state index is 0. The van der Waals surface area contributed by atoms with Gasteiger partial charge >= 0.3 is 0 Å². The van der Waals surface area contributed by atoms with Gasteiger partial charge in [0.25, 0.3) is 5.56 Å². The van der Waals surface area contributed by atoms with Crippen LogP contribution in [0.3, 0.4) is 0 Å². The van der Waals surface area contributed by atoms with Gasteiger partial charge in [-0.2, -0.15) is 0 Å². The van der Waals surface area contributed by atoms with Crippen molar-refractivity contribution in [3.8, 4) is 0 Å². The third-order valence-corrected chi connectivity index (χ3v) is 3.03. The lowest BCUT2D eigenvalue weighted by atomic mass is 10.3. The first kappa shape index (κ1) is 14.4. The molecule has 15 heavy (non-hydrogen) atoms. The van der Waals surface area contributed by atoms with Crippen LogP contribution in [0.4, 0.5) is 0 Å². The molecule has 5 nitrogen and oxygen atoms in total. The molecule has 0 bridgehead atoms. The lowest BCUT2D eigenvalue weighted by molar-refractivity contribution is 0.600. The van der Waals surface area contributed by atoms with Crippen LogP contribution in [-0.2, 0) is 16.4 Å². The first-order valence-corrected chi connectivity index (χ1v) is 5.95. The van der Waals surface area contributed by atoms with Crippen molar-refractivity contribution >= 4 is 33.8 Å². The molecule has 86 valence electrons. The zero-order valence-electron chi connectivity index (χ0n) is 7.78. The Bertz CT molecular complexity index is 509. The molecule has 0 aliphatic heterocycles. The van der Waals surface area contributed by atoms with Crippen molar-refractivity contribution in [1.82, 2.24) is 4.98 Å². The lowest BCUT2D eigenvalue weighted by Crippen LogP contribution is -2.20. The summed E-state index contributed by atoms with van der Waals surface area (Å²) in [5, 5.41) is -0.0207. The molecule has 1 rings (SSSR count). The topological polar surface area (TPSA) is 93.0 Å². The van der Waals surface area contributed by atoms with E-state index in [0.717, 1.165) is 6.26 Å². The van der Waals surface area contributed by atoms with Crippen LogP contribution < -0.4 is 11.3 Å². The van der Waals surface area contributed by atoms with E-state index in [2.05, 4.69) is 4.98 Å². The number of hydrogen-bond donors (Lipinski definition) is 2. The summed E-state index contributed by atoms with van der Waals surface area (Å²) in [6.45, 7) is -0.144. The van der Waals surface area contributed by atoms with Gasteiger partial charge in [0.05, 0.1) is 4.90 Å². The van der Waals surface area contributed by atoms with Crippen molar-refractivity contribution < 1.29 is 8.42 Å². The SMILES string of the molecule is CS(=O)(=O)c1cc(Cl)[nH]c(=O)c1CN.Cl. The number of sulfone groups is 1. The standard InChI is InChI=1S/C7H9ClN2O3S.ClH/c1-14(12,13)5-2-6(8)10-7(11)4(5)3-9;/h2H,3,9H2,1H3,(H,10,11);1H. The molecule has 0 amide bonds. The predicted molar refractivity (Wildman–Crippen MR) is 60.3 cm³/mol. The maximum absolute atomic E-state index is 11.3. The molecular formula is C7H10Cl2N2O3S. The monoisotopic (exact) mass is 272 g/mol. The fraction of sp³-hybridized carbons (Fsp3) is 0.286. The smallest absolute Gasteiger partial charge is 0.254 e. The summed E-state index contributed by atoms with van der Waals surface area (Å²) < 4.78 is 22.5. The van der Waals surface area contributed by atoms with E-state index >= 15 is 0 Å². The van der Waals surface area contributed by atoms with Gasteiger partial charge in [-0.15, -0.1) is 12.4 Å². The number of nitrogens with one attached hydrogen (secondary N) is 1. The van der Waals surface area contributed by atoms with E-state index in [-0.39, 0.29) is 34.6 Å². The Kier molecular flexibility index (Phi) is 4.79. The maximum Gasteiger partial charge on any atom is 0.254 e. The highest BCUT2D eigenvalue weighted by atomic mass is 35.5. The summed E-state index contributed by atoms with van der Waals surface area (Å²) in [6, 6.07) is 1.18. The minimum atomic E-state index is -3.48. The second-order valence-corrected chi connectivity index (χ2v) is 5.16. The molecule has 0 saturated heterocycles. The molecule has 0 fully saturated rings. The number of halogens is 2. The average Bonchev–Trinajstić information content (AvgIpc) is 2.01. The molecule has 1 heterocycles. The van der Waals surface area contributed by atoms with Crippen molar-refractivity contribution in [2.75, 3.05) is 6.26 Å². The van der Waals surface area contributed by atoms with Gasteiger partial charge in [0.1, 0.15) is 5.15 Å². The average molecular weight is 273 g/mol. The van der Waals surface area contributed by atoms with Crippen LogP contribution in [-0.4, -0.2) is 19.7 Å². The quantitative estimate of drug-likeness (QED) is 0.758. The molecule has 0 spiro atoms. The molecular weight excluding hydrogens is 263 g/mol. The van der Waals surface area contributed by atoms with Crippen LogP contribution in [0, 0.1) is 0 Å². The molecule has 0 radical (unpaired) electrons. The number of rotatable bonds is 2. The number of pyridine rings is 1. The zero-order chi connectivity index (χ0) is 10.9. The first-order chi connectivity index (χ1) is 6.36. The van der Waals surface area contributed by atoms with Crippen molar-refractivity contribution in [3.63, 3.8) is 0 Å². The van der Waals surface area contributed by atoms with E-state index in [1.165, 1.54) is 6.07 Å². The largest absolute Gasteiger partial charge is 0.326 e. The van der Waals surface area contributed by atoms with Gasteiger partial charge < -0.3 is 10.7 Å². The predicted octanol–water partition coefficient (Wildman–Crippen LogP) is 0.312. The Balaban J connectivity index is 0.00000196. The van der Waals surface area contributed by atoms with Gasteiger partial charge in [-0.05, 0) is 6.07 Å². The van der Waals surface area contributed by atoms with E-state index in [1.807, 2.05) is 0 Å². The molecule has 0 unspecified atom stereocenters. The van der Waals surface area contributed by atoms with Crippen molar-refractivity contribution in [2.45, 2.75) is 11.4 Å². The molecule has 0 atom stereocenters. The molecule has 1 aromatic rings. The summed E-state index contributed by atoms with van der Waals surface area (Å²) in [5.74, 6) is 0. The molecule has 8 heteroatoms. The molecule has 0 aliphatic carbocycles. The highest BCUT2D eigenvalue weighted by Crippen LogP contribution is 2.14. The third kappa shape index (κ3) is 3.20. The van der Waals surface area contributed by atoms with Gasteiger partial charge in [-0.1, -0.05) is 11.6 Å². The summed E-state index contributed by atoms with van der Waals surface area (Å²) in [5.41, 5.74) is 4.73. The van der Waals surface area contributed by atoms with E-state index in [1.54, 1.807) is 0 Å². The fourth-order valence-corrected chi connectivity index (χ4v) is 2.27. The number of aromatic nitrogens is 1. The number of H-pyrrole nitrogens is 1. The van der Waals surface area contributed by atoms with Crippen molar-refractivity contribution in [1.29, 1.82) is 0 Å². The van der Waals surface area contributed by atoms with Crippen LogP contribution in [0.25, 0.3) is 0 Å². The van der Waals surface area contributed by atoms with Gasteiger partial charge in [0.15, 0.2) is 9.84 Å². The second-order valence-electron chi connectivity index (χ2n) is 2.77. The third-order valence-electron chi connectivity index (χ3n) is 1.67. The van der Waals surface area contributed by atoms with Gasteiger partial charge in [-0.3, -0.25) is 4.79 Å². The lowest BCUT2D eigenvalue weighted by Gasteiger charge is -2.04. The van der Waals surface area contributed by atoms with E-state index in [9.17, 15) is 13.2 Å². The summed E-state index contributed by atoms with van der Waals surface area (Å²) in [4.78, 5) is 13.4. The molecule has 0 aliphatic rings. The fourth-order valence-electron chi connectivity index (χ4n) is 1.06. The molecule has 0 aromatic carbocycles. The van der Waals surface area contributed by atoms with Crippen LogP contribution in [0.15, 0.2) is 15.8 Å². The Morgan fingerprint density at radius 1 is 1.53 bits per heavy atom. The Morgan fingerprint density at radius 3 is 2.47 bits per heavy atom. The Hall–Kier alpha value is -0.560. The summed E-state index contributed by atoms with van der Waals surface area (Å²) >= 11 is 5.52. The van der Waals surface area contributed by atoms with E-state index in [4.69, 9.17) is 17.3 Å². The first-order valence-electron chi connectivity index (χ1n) is 3.68.